The summed E-state index contributed by atoms with van der Waals surface area (Å²) in [6.45, 7) is 1.46. The van der Waals surface area contributed by atoms with Crippen LogP contribution in [0.2, 0.25) is 0 Å². The molecule has 0 unspecified atom stereocenters. The highest BCUT2D eigenvalue weighted by Gasteiger charge is 2.24. The number of hydrogen-bond acceptors (Lipinski definition) is 5. The van der Waals surface area contributed by atoms with Gasteiger partial charge in [-0.2, -0.15) is 0 Å². The predicted molar refractivity (Wildman–Crippen MR) is 93.1 cm³/mol. The first-order chi connectivity index (χ1) is 12.1. The van der Waals surface area contributed by atoms with E-state index in [0.717, 1.165) is 10.9 Å². The van der Waals surface area contributed by atoms with Crippen LogP contribution in [-0.4, -0.2) is 27.3 Å². The lowest BCUT2D eigenvalue weighted by atomic mass is 10.2. The van der Waals surface area contributed by atoms with Gasteiger partial charge in [0, 0.05) is 35.8 Å². The summed E-state index contributed by atoms with van der Waals surface area (Å²) in [5.41, 5.74) is 2.14. The van der Waals surface area contributed by atoms with Gasteiger partial charge in [0.25, 0.3) is 0 Å². The molecule has 0 saturated carbocycles. The Morgan fingerprint density at radius 2 is 1.96 bits per heavy atom. The Morgan fingerprint density at radius 1 is 1.16 bits per heavy atom. The highest BCUT2D eigenvalue weighted by molar-refractivity contribution is 6.13. The van der Waals surface area contributed by atoms with Gasteiger partial charge in [0.2, 0.25) is 11.8 Å². The average Bonchev–Trinajstić information content (AvgIpc) is 3.18. The molecule has 6 heteroatoms. The van der Waals surface area contributed by atoms with Gasteiger partial charge in [0.15, 0.2) is 5.70 Å². The van der Waals surface area contributed by atoms with Crippen LogP contribution in [0, 0.1) is 0 Å². The van der Waals surface area contributed by atoms with Gasteiger partial charge in [-0.1, -0.05) is 18.2 Å². The van der Waals surface area contributed by atoms with E-state index in [9.17, 15) is 9.59 Å². The number of nitrogens with zero attached hydrogens (tertiary/aromatic N) is 3. The number of esters is 1. The van der Waals surface area contributed by atoms with Gasteiger partial charge in [-0.05, 0) is 30.3 Å². The van der Waals surface area contributed by atoms with Crippen molar-refractivity contribution in [2.45, 2.75) is 6.92 Å². The number of fused-ring (bicyclic) bond motifs is 1. The normalized spacial score (nSPS) is 15.5. The third kappa shape index (κ3) is 2.63. The number of carbonyl (C=O) groups excluding carboxylic acids is 2. The van der Waals surface area contributed by atoms with Crippen molar-refractivity contribution in [1.82, 2.24) is 9.55 Å². The molecule has 122 valence electrons. The smallest absolute Gasteiger partial charge is 0.363 e. The Bertz CT molecular complexity index is 1060. The average molecular weight is 331 g/mol. The number of benzene rings is 1. The van der Waals surface area contributed by atoms with Crippen molar-refractivity contribution in [1.29, 1.82) is 0 Å². The number of ether oxygens (including phenoxy) is 1. The van der Waals surface area contributed by atoms with Crippen LogP contribution in [0.3, 0.4) is 0 Å². The summed E-state index contributed by atoms with van der Waals surface area (Å²) in [6, 6.07) is 12.8. The molecule has 2 aromatic heterocycles. The number of cyclic esters (lactones) is 1. The SMILES string of the molecule is CC(=O)n1cc(/C=C2\N=C(c3ccccc3)OC2=O)c2cccnc21. The van der Waals surface area contributed by atoms with E-state index < -0.39 is 5.97 Å². The lowest BCUT2D eigenvalue weighted by molar-refractivity contribution is -0.129. The third-order valence-corrected chi connectivity index (χ3v) is 3.87. The van der Waals surface area contributed by atoms with E-state index in [4.69, 9.17) is 4.74 Å². The second-order valence-electron chi connectivity index (χ2n) is 5.55. The van der Waals surface area contributed by atoms with Crippen molar-refractivity contribution in [3.05, 3.63) is 71.7 Å². The van der Waals surface area contributed by atoms with Crippen LogP contribution in [0.4, 0.5) is 0 Å². The Morgan fingerprint density at radius 3 is 2.72 bits per heavy atom. The highest BCUT2D eigenvalue weighted by Crippen LogP contribution is 2.25. The van der Waals surface area contributed by atoms with Gasteiger partial charge in [-0.15, -0.1) is 0 Å². The van der Waals surface area contributed by atoms with Crippen molar-refractivity contribution >= 4 is 34.9 Å². The number of aromatic nitrogens is 2. The Labute approximate surface area is 143 Å². The van der Waals surface area contributed by atoms with Crippen LogP contribution in [0.1, 0.15) is 22.8 Å². The molecule has 1 aliphatic heterocycles. The zero-order valence-electron chi connectivity index (χ0n) is 13.3. The molecule has 0 saturated heterocycles. The molecule has 0 aliphatic carbocycles. The summed E-state index contributed by atoms with van der Waals surface area (Å²) in [6.07, 6.45) is 4.88. The van der Waals surface area contributed by atoms with Crippen LogP contribution in [0.15, 0.2) is 65.5 Å². The Balaban J connectivity index is 1.81. The topological polar surface area (TPSA) is 73.6 Å². The summed E-state index contributed by atoms with van der Waals surface area (Å²) >= 11 is 0. The fourth-order valence-corrected chi connectivity index (χ4v) is 2.70. The standard InChI is InChI=1S/C19H13N3O3/c1-12(23)22-11-14(15-8-5-9-20-17(15)22)10-16-19(24)25-18(21-16)13-6-3-2-4-7-13/h2-11H,1H3/b16-10-. The molecular formula is C19H13N3O3. The maximum Gasteiger partial charge on any atom is 0.363 e. The minimum atomic E-state index is -0.522. The molecular weight excluding hydrogens is 318 g/mol. The number of aliphatic imine (C=N–C) groups is 1. The van der Waals surface area contributed by atoms with Crippen molar-refractivity contribution in [3.63, 3.8) is 0 Å². The summed E-state index contributed by atoms with van der Waals surface area (Å²) in [5, 5.41) is 0.765. The Kier molecular flexibility index (Phi) is 3.50. The van der Waals surface area contributed by atoms with Gasteiger partial charge < -0.3 is 4.74 Å². The quantitative estimate of drug-likeness (QED) is 0.534. The summed E-state index contributed by atoms with van der Waals surface area (Å²) in [7, 11) is 0. The summed E-state index contributed by atoms with van der Waals surface area (Å²) in [5.74, 6) is -0.410. The highest BCUT2D eigenvalue weighted by atomic mass is 16.6. The largest absolute Gasteiger partial charge is 0.402 e. The van der Waals surface area contributed by atoms with Crippen LogP contribution in [0.5, 0.6) is 0 Å². The molecule has 0 fully saturated rings. The van der Waals surface area contributed by atoms with Crippen LogP contribution >= 0.6 is 0 Å². The molecule has 0 atom stereocenters. The first kappa shape index (κ1) is 15.0. The number of pyridine rings is 1. The minimum Gasteiger partial charge on any atom is -0.402 e. The predicted octanol–water partition coefficient (Wildman–Crippen LogP) is 3.04. The first-order valence-corrected chi connectivity index (χ1v) is 7.68. The molecule has 0 spiro atoms. The van der Waals surface area contributed by atoms with Crippen molar-refractivity contribution in [2.75, 3.05) is 0 Å². The minimum absolute atomic E-state index is 0.157. The molecule has 6 nitrogen and oxygen atoms in total. The number of carbonyl (C=O) groups is 2. The fraction of sp³-hybridized carbons (Fsp3) is 0.0526. The molecule has 1 aromatic carbocycles. The molecule has 1 aliphatic rings. The molecule has 0 bridgehead atoms. The van der Waals surface area contributed by atoms with Gasteiger partial charge in [0.05, 0.1) is 0 Å². The van der Waals surface area contributed by atoms with Gasteiger partial charge in [0.1, 0.15) is 5.65 Å². The second kappa shape index (κ2) is 5.83. The van der Waals surface area contributed by atoms with Gasteiger partial charge in [-0.3, -0.25) is 9.36 Å². The third-order valence-electron chi connectivity index (χ3n) is 3.87. The van der Waals surface area contributed by atoms with Crippen LogP contribution in [0.25, 0.3) is 17.1 Å². The summed E-state index contributed by atoms with van der Waals surface area (Å²) in [4.78, 5) is 32.5. The van der Waals surface area contributed by atoms with E-state index in [1.807, 2.05) is 36.4 Å². The van der Waals surface area contributed by atoms with Gasteiger partial charge in [-0.25, -0.2) is 14.8 Å². The maximum absolute atomic E-state index is 12.1. The summed E-state index contributed by atoms with van der Waals surface area (Å²) < 4.78 is 6.70. The molecule has 3 aromatic rings. The van der Waals surface area contributed by atoms with E-state index in [2.05, 4.69) is 9.98 Å². The molecule has 3 heterocycles. The van der Waals surface area contributed by atoms with E-state index >= 15 is 0 Å². The molecule has 0 N–H and O–H groups in total. The Hall–Kier alpha value is -3.54. The van der Waals surface area contributed by atoms with Crippen molar-refractivity contribution < 1.29 is 14.3 Å². The molecule has 25 heavy (non-hydrogen) atoms. The number of rotatable bonds is 2. The number of hydrogen-bond donors (Lipinski definition) is 0. The van der Waals surface area contributed by atoms with Crippen molar-refractivity contribution in [2.24, 2.45) is 4.99 Å². The molecule has 0 amide bonds. The van der Waals surface area contributed by atoms with Gasteiger partial charge >= 0.3 is 5.97 Å². The van der Waals surface area contributed by atoms with Crippen LogP contribution < -0.4 is 0 Å². The molecule has 0 radical (unpaired) electrons. The van der Waals surface area contributed by atoms with E-state index in [-0.39, 0.29) is 17.5 Å². The second-order valence-corrected chi connectivity index (χ2v) is 5.55. The zero-order chi connectivity index (χ0) is 17.4. The van der Waals surface area contributed by atoms with E-state index in [0.29, 0.717) is 11.2 Å². The lowest BCUT2D eigenvalue weighted by Crippen LogP contribution is -2.05. The molecule has 4 rings (SSSR count). The lowest BCUT2D eigenvalue weighted by Gasteiger charge is -1.97. The maximum atomic E-state index is 12.1. The fourth-order valence-electron chi connectivity index (χ4n) is 2.70. The van der Waals surface area contributed by atoms with E-state index in [1.54, 1.807) is 24.5 Å². The monoisotopic (exact) mass is 331 g/mol. The zero-order valence-corrected chi connectivity index (χ0v) is 13.3. The van der Waals surface area contributed by atoms with Crippen LogP contribution in [-0.2, 0) is 9.53 Å². The van der Waals surface area contributed by atoms with Crippen molar-refractivity contribution in [3.8, 4) is 0 Å². The first-order valence-electron chi connectivity index (χ1n) is 7.68. The van der Waals surface area contributed by atoms with E-state index in [1.165, 1.54) is 11.5 Å².